The molecule has 0 aliphatic carbocycles. The molecule has 0 bridgehead atoms. The van der Waals surface area contributed by atoms with Crippen molar-refractivity contribution < 1.29 is 19.7 Å². The maximum atomic E-state index is 12.0. The zero-order valence-corrected chi connectivity index (χ0v) is 12.8. The molecule has 108 valence electrons. The summed E-state index contributed by atoms with van der Waals surface area (Å²) < 4.78 is 5.66. The Bertz CT molecular complexity index is 707. The van der Waals surface area contributed by atoms with Crippen molar-refractivity contribution in [1.29, 1.82) is 0 Å². The van der Waals surface area contributed by atoms with Gasteiger partial charge in [0.25, 0.3) is 0 Å². The van der Waals surface area contributed by atoms with Crippen LogP contribution >= 0.6 is 15.9 Å². The number of allylic oxidation sites excluding steroid dienone is 1. The summed E-state index contributed by atoms with van der Waals surface area (Å²) in [6.07, 6.45) is 3.00. The molecular weight excluding hydrogens is 336 g/mol. The standard InChI is InChI=1S/C16H13BrO4/c1-21-16-8-10(13(17)9-15(16)20)5-6-14(19)11-3-2-4-12(18)7-11/h2-9,18,20H,1H3. The Balaban J connectivity index is 2.27. The molecule has 0 saturated heterocycles. The molecule has 0 radical (unpaired) electrons. The van der Waals surface area contributed by atoms with Crippen molar-refractivity contribution in [3.63, 3.8) is 0 Å². The number of hydrogen-bond donors (Lipinski definition) is 2. The molecule has 0 aliphatic rings. The second kappa shape index (κ2) is 6.45. The molecule has 4 nitrogen and oxygen atoms in total. The van der Waals surface area contributed by atoms with Gasteiger partial charge in [-0.05, 0) is 42.0 Å². The van der Waals surface area contributed by atoms with E-state index in [1.807, 2.05) is 0 Å². The molecule has 2 rings (SSSR count). The van der Waals surface area contributed by atoms with Crippen LogP contribution in [0.1, 0.15) is 15.9 Å². The van der Waals surface area contributed by atoms with Crippen molar-refractivity contribution in [2.75, 3.05) is 7.11 Å². The van der Waals surface area contributed by atoms with Gasteiger partial charge in [0.2, 0.25) is 0 Å². The van der Waals surface area contributed by atoms with Crippen molar-refractivity contribution in [3.8, 4) is 17.2 Å². The molecule has 0 fully saturated rings. The van der Waals surface area contributed by atoms with Crippen LogP contribution in [0.15, 0.2) is 46.9 Å². The van der Waals surface area contributed by atoms with Crippen LogP contribution in [-0.4, -0.2) is 23.1 Å². The molecule has 2 aromatic carbocycles. The summed E-state index contributed by atoms with van der Waals surface area (Å²) in [6.45, 7) is 0. The summed E-state index contributed by atoms with van der Waals surface area (Å²) in [7, 11) is 1.45. The van der Waals surface area contributed by atoms with Crippen LogP contribution in [0.5, 0.6) is 17.2 Å². The predicted octanol–water partition coefficient (Wildman–Crippen LogP) is 3.77. The molecule has 0 spiro atoms. The van der Waals surface area contributed by atoms with E-state index in [1.165, 1.54) is 31.4 Å². The highest BCUT2D eigenvalue weighted by molar-refractivity contribution is 9.10. The maximum absolute atomic E-state index is 12.0. The highest BCUT2D eigenvalue weighted by Gasteiger charge is 2.07. The fourth-order valence-corrected chi connectivity index (χ4v) is 2.23. The van der Waals surface area contributed by atoms with E-state index in [0.717, 1.165) is 0 Å². The summed E-state index contributed by atoms with van der Waals surface area (Å²) in [5.74, 6) is 0.148. The van der Waals surface area contributed by atoms with E-state index in [2.05, 4.69) is 15.9 Å². The second-order valence-electron chi connectivity index (χ2n) is 4.29. The lowest BCUT2D eigenvalue weighted by Gasteiger charge is -2.06. The third-order valence-corrected chi connectivity index (χ3v) is 3.53. The number of methoxy groups -OCH3 is 1. The van der Waals surface area contributed by atoms with E-state index in [0.29, 0.717) is 21.3 Å². The fourth-order valence-electron chi connectivity index (χ4n) is 1.77. The highest BCUT2D eigenvalue weighted by atomic mass is 79.9. The van der Waals surface area contributed by atoms with Crippen LogP contribution in [0.4, 0.5) is 0 Å². The second-order valence-corrected chi connectivity index (χ2v) is 5.15. The Labute approximate surface area is 130 Å². The molecular formula is C16H13BrO4. The van der Waals surface area contributed by atoms with Gasteiger partial charge in [-0.25, -0.2) is 0 Å². The first kappa shape index (κ1) is 15.1. The third kappa shape index (κ3) is 3.64. The molecule has 0 heterocycles. The van der Waals surface area contributed by atoms with Crippen LogP contribution in [0, 0.1) is 0 Å². The predicted molar refractivity (Wildman–Crippen MR) is 83.8 cm³/mol. The molecule has 5 heteroatoms. The zero-order chi connectivity index (χ0) is 15.4. The highest BCUT2D eigenvalue weighted by Crippen LogP contribution is 2.33. The summed E-state index contributed by atoms with van der Waals surface area (Å²) in [6, 6.07) is 9.25. The van der Waals surface area contributed by atoms with Crippen LogP contribution < -0.4 is 4.74 Å². The number of rotatable bonds is 4. The quantitative estimate of drug-likeness (QED) is 0.652. The van der Waals surface area contributed by atoms with E-state index < -0.39 is 0 Å². The minimum atomic E-state index is -0.232. The summed E-state index contributed by atoms with van der Waals surface area (Å²) >= 11 is 3.31. The first-order valence-corrected chi connectivity index (χ1v) is 6.88. The average molecular weight is 349 g/mol. The van der Waals surface area contributed by atoms with E-state index >= 15 is 0 Å². The van der Waals surface area contributed by atoms with Gasteiger partial charge in [0.05, 0.1) is 7.11 Å². The molecule has 0 aliphatic heterocycles. The summed E-state index contributed by atoms with van der Waals surface area (Å²) in [5.41, 5.74) is 1.09. The normalized spacial score (nSPS) is 10.8. The van der Waals surface area contributed by atoms with E-state index in [9.17, 15) is 15.0 Å². The van der Waals surface area contributed by atoms with E-state index in [4.69, 9.17) is 4.74 Å². The Morgan fingerprint density at radius 3 is 2.67 bits per heavy atom. The first-order chi connectivity index (χ1) is 10.0. The number of ether oxygens (including phenoxy) is 1. The zero-order valence-electron chi connectivity index (χ0n) is 11.2. The molecule has 2 aromatic rings. The van der Waals surface area contributed by atoms with Gasteiger partial charge in [-0.3, -0.25) is 4.79 Å². The number of phenolic OH excluding ortho intramolecular Hbond substituents is 2. The van der Waals surface area contributed by atoms with Crippen molar-refractivity contribution in [2.45, 2.75) is 0 Å². The number of ketones is 1. The fraction of sp³-hybridized carbons (Fsp3) is 0.0625. The number of benzene rings is 2. The molecule has 2 N–H and O–H groups in total. The van der Waals surface area contributed by atoms with Gasteiger partial charge in [-0.1, -0.05) is 28.1 Å². The number of carbonyl (C=O) groups excluding carboxylic acids is 1. The van der Waals surface area contributed by atoms with Crippen molar-refractivity contribution >= 4 is 27.8 Å². The van der Waals surface area contributed by atoms with Gasteiger partial charge in [0.15, 0.2) is 17.3 Å². The summed E-state index contributed by atoms with van der Waals surface area (Å²) in [4.78, 5) is 12.0. The van der Waals surface area contributed by atoms with Crippen molar-refractivity contribution in [1.82, 2.24) is 0 Å². The maximum Gasteiger partial charge on any atom is 0.185 e. The SMILES string of the molecule is COc1cc(C=CC(=O)c2cccc(O)c2)c(Br)cc1O. The van der Waals surface area contributed by atoms with Gasteiger partial charge in [-0.2, -0.15) is 0 Å². The van der Waals surface area contributed by atoms with Crippen LogP contribution in [0.25, 0.3) is 6.08 Å². The van der Waals surface area contributed by atoms with Gasteiger partial charge < -0.3 is 14.9 Å². The minimum Gasteiger partial charge on any atom is -0.508 e. The number of phenols is 2. The molecule has 0 unspecified atom stereocenters. The van der Waals surface area contributed by atoms with E-state index in [-0.39, 0.29) is 17.3 Å². The molecule has 0 amide bonds. The Kier molecular flexibility index (Phi) is 4.65. The third-order valence-electron chi connectivity index (χ3n) is 2.84. The molecule has 0 saturated carbocycles. The molecule has 21 heavy (non-hydrogen) atoms. The van der Waals surface area contributed by atoms with Crippen LogP contribution in [0.3, 0.4) is 0 Å². The number of halogens is 1. The van der Waals surface area contributed by atoms with Gasteiger partial charge in [-0.15, -0.1) is 0 Å². The topological polar surface area (TPSA) is 66.8 Å². The van der Waals surface area contributed by atoms with Crippen LogP contribution in [0.2, 0.25) is 0 Å². The number of aromatic hydroxyl groups is 2. The molecule has 0 atom stereocenters. The first-order valence-electron chi connectivity index (χ1n) is 6.09. The lowest BCUT2D eigenvalue weighted by molar-refractivity contribution is 0.104. The van der Waals surface area contributed by atoms with E-state index in [1.54, 1.807) is 24.3 Å². The Hall–Kier alpha value is -2.27. The largest absolute Gasteiger partial charge is 0.508 e. The Morgan fingerprint density at radius 1 is 1.24 bits per heavy atom. The number of carbonyl (C=O) groups is 1. The monoisotopic (exact) mass is 348 g/mol. The van der Waals surface area contributed by atoms with Crippen molar-refractivity contribution in [3.05, 3.63) is 58.1 Å². The van der Waals surface area contributed by atoms with Crippen molar-refractivity contribution in [2.24, 2.45) is 0 Å². The summed E-state index contributed by atoms with van der Waals surface area (Å²) in [5, 5.41) is 19.0. The smallest absolute Gasteiger partial charge is 0.185 e. The van der Waals surface area contributed by atoms with Gasteiger partial charge in [0, 0.05) is 10.0 Å². The van der Waals surface area contributed by atoms with Crippen LogP contribution in [-0.2, 0) is 0 Å². The minimum absolute atomic E-state index is 0.0147. The van der Waals surface area contributed by atoms with Gasteiger partial charge >= 0.3 is 0 Å². The molecule has 0 aromatic heterocycles. The average Bonchev–Trinajstić information content (AvgIpc) is 2.46. The Morgan fingerprint density at radius 2 is 2.00 bits per heavy atom. The van der Waals surface area contributed by atoms with Gasteiger partial charge in [0.1, 0.15) is 5.75 Å². The lowest BCUT2D eigenvalue weighted by Crippen LogP contribution is -1.93. The lowest BCUT2D eigenvalue weighted by atomic mass is 10.1. The number of hydrogen-bond acceptors (Lipinski definition) is 4.